The van der Waals surface area contributed by atoms with E-state index in [1.54, 1.807) is 13.0 Å². The molecule has 2 rings (SSSR count). The van der Waals surface area contributed by atoms with Crippen LogP contribution in [0.1, 0.15) is 5.56 Å². The first-order chi connectivity index (χ1) is 9.29. The van der Waals surface area contributed by atoms with Crippen LogP contribution < -0.4 is 4.18 Å². The molecule has 0 saturated heterocycles. The highest BCUT2D eigenvalue weighted by atomic mass is 35.5. The molecule has 0 bridgehead atoms. The van der Waals surface area contributed by atoms with E-state index in [1.165, 1.54) is 12.1 Å². The van der Waals surface area contributed by atoms with Gasteiger partial charge in [-0.15, -0.1) is 0 Å². The van der Waals surface area contributed by atoms with Crippen molar-refractivity contribution in [2.24, 2.45) is 0 Å². The van der Waals surface area contributed by atoms with Crippen LogP contribution in [-0.4, -0.2) is 8.42 Å². The van der Waals surface area contributed by atoms with Crippen molar-refractivity contribution >= 4 is 21.7 Å². The van der Waals surface area contributed by atoms with E-state index in [-0.39, 0.29) is 10.8 Å². The third kappa shape index (κ3) is 3.08. The number of hydrogen-bond donors (Lipinski definition) is 0. The van der Waals surface area contributed by atoms with Crippen LogP contribution in [0.3, 0.4) is 0 Å². The summed E-state index contributed by atoms with van der Waals surface area (Å²) < 4.78 is 55.0. The molecule has 0 N–H and O–H groups in total. The molecule has 0 aliphatic heterocycles. The van der Waals surface area contributed by atoms with Crippen LogP contribution in [0.15, 0.2) is 41.3 Å². The number of benzene rings is 2. The van der Waals surface area contributed by atoms with Gasteiger partial charge in [0.2, 0.25) is 0 Å². The molecule has 0 heterocycles. The molecule has 2 aromatic rings. The number of halogens is 3. The topological polar surface area (TPSA) is 43.4 Å². The van der Waals surface area contributed by atoms with Gasteiger partial charge in [0.1, 0.15) is 16.5 Å². The predicted molar refractivity (Wildman–Crippen MR) is 70.4 cm³/mol. The summed E-state index contributed by atoms with van der Waals surface area (Å²) in [5.41, 5.74) is 0.721. The Kier molecular flexibility index (Phi) is 3.96. The maximum Gasteiger partial charge on any atom is 0.342 e. The fraction of sp³-hybridized carbons (Fsp3) is 0.0769. The highest BCUT2D eigenvalue weighted by Crippen LogP contribution is 2.29. The van der Waals surface area contributed by atoms with Gasteiger partial charge in [-0.25, -0.2) is 8.78 Å². The summed E-state index contributed by atoms with van der Waals surface area (Å²) in [5.74, 6) is -2.22. The quantitative estimate of drug-likeness (QED) is 0.811. The van der Waals surface area contributed by atoms with Gasteiger partial charge in [-0.1, -0.05) is 17.7 Å². The van der Waals surface area contributed by atoms with Crippen LogP contribution in [0.2, 0.25) is 5.02 Å². The van der Waals surface area contributed by atoms with Gasteiger partial charge in [0.05, 0.1) is 5.02 Å². The molecule has 0 atom stereocenters. The van der Waals surface area contributed by atoms with Crippen molar-refractivity contribution < 1.29 is 21.4 Å². The SMILES string of the molecule is Cc1ccc(Cl)c(OS(=O)(=O)c2ccc(F)cc2F)c1. The molecule has 20 heavy (non-hydrogen) atoms. The van der Waals surface area contributed by atoms with Gasteiger partial charge in [0.15, 0.2) is 5.75 Å². The van der Waals surface area contributed by atoms with Crippen molar-refractivity contribution in [3.8, 4) is 5.75 Å². The van der Waals surface area contributed by atoms with Crippen LogP contribution in [0.4, 0.5) is 8.78 Å². The van der Waals surface area contributed by atoms with Gasteiger partial charge in [0.25, 0.3) is 0 Å². The fourth-order valence-electron chi connectivity index (χ4n) is 1.52. The Labute approximate surface area is 119 Å². The molecule has 0 aliphatic carbocycles. The zero-order valence-corrected chi connectivity index (χ0v) is 11.8. The Morgan fingerprint density at radius 2 is 1.80 bits per heavy atom. The van der Waals surface area contributed by atoms with Crippen molar-refractivity contribution in [1.82, 2.24) is 0 Å². The van der Waals surface area contributed by atoms with Gasteiger partial charge in [0, 0.05) is 6.07 Å². The van der Waals surface area contributed by atoms with Crippen LogP contribution in [0.5, 0.6) is 5.75 Å². The minimum absolute atomic E-state index is 0.0710. The van der Waals surface area contributed by atoms with E-state index in [9.17, 15) is 17.2 Å². The molecular formula is C13H9ClF2O3S. The van der Waals surface area contributed by atoms with Gasteiger partial charge >= 0.3 is 10.1 Å². The predicted octanol–water partition coefficient (Wildman–Crippen LogP) is 3.69. The van der Waals surface area contributed by atoms with E-state index in [0.29, 0.717) is 6.07 Å². The number of rotatable bonds is 3. The van der Waals surface area contributed by atoms with E-state index in [1.807, 2.05) is 0 Å². The van der Waals surface area contributed by atoms with Crippen LogP contribution in [-0.2, 0) is 10.1 Å². The minimum atomic E-state index is -4.43. The lowest BCUT2D eigenvalue weighted by molar-refractivity contribution is 0.474. The summed E-state index contributed by atoms with van der Waals surface area (Å²) in [5, 5.41) is 0.0710. The van der Waals surface area contributed by atoms with Gasteiger partial charge in [-0.3, -0.25) is 0 Å². The molecule has 0 fully saturated rings. The summed E-state index contributed by atoms with van der Waals surface area (Å²) >= 11 is 5.81. The Balaban J connectivity index is 2.43. The molecule has 0 aliphatic rings. The minimum Gasteiger partial charge on any atom is -0.377 e. The molecule has 0 radical (unpaired) electrons. The highest BCUT2D eigenvalue weighted by Gasteiger charge is 2.23. The maximum absolute atomic E-state index is 13.5. The van der Waals surface area contributed by atoms with Gasteiger partial charge in [-0.2, -0.15) is 8.42 Å². The second-order valence-corrected chi connectivity index (χ2v) is 5.97. The molecule has 0 spiro atoms. The van der Waals surface area contributed by atoms with Crippen LogP contribution in [0.25, 0.3) is 0 Å². The molecule has 0 saturated carbocycles. The molecule has 0 aromatic heterocycles. The lowest BCUT2D eigenvalue weighted by atomic mass is 10.2. The zero-order valence-electron chi connectivity index (χ0n) is 10.2. The van der Waals surface area contributed by atoms with Crippen molar-refractivity contribution in [2.75, 3.05) is 0 Å². The van der Waals surface area contributed by atoms with E-state index in [0.717, 1.165) is 17.7 Å². The Morgan fingerprint density at radius 1 is 1.10 bits per heavy atom. The first-order valence-corrected chi connectivity index (χ1v) is 7.24. The fourth-order valence-corrected chi connectivity index (χ4v) is 2.71. The monoisotopic (exact) mass is 318 g/mol. The van der Waals surface area contributed by atoms with Gasteiger partial charge < -0.3 is 4.18 Å². The van der Waals surface area contributed by atoms with E-state index >= 15 is 0 Å². The van der Waals surface area contributed by atoms with Crippen molar-refractivity contribution in [1.29, 1.82) is 0 Å². The molecule has 2 aromatic carbocycles. The number of hydrogen-bond acceptors (Lipinski definition) is 3. The Morgan fingerprint density at radius 3 is 2.45 bits per heavy atom. The lowest BCUT2D eigenvalue weighted by Gasteiger charge is -2.09. The lowest BCUT2D eigenvalue weighted by Crippen LogP contribution is -2.12. The van der Waals surface area contributed by atoms with E-state index < -0.39 is 26.6 Å². The average molecular weight is 319 g/mol. The van der Waals surface area contributed by atoms with Crippen molar-refractivity contribution in [3.05, 3.63) is 58.6 Å². The summed E-state index contributed by atoms with van der Waals surface area (Å²) in [6.07, 6.45) is 0. The standard InChI is InChI=1S/C13H9ClF2O3S/c1-8-2-4-10(14)12(6-8)19-20(17,18)13-5-3-9(15)7-11(13)16/h2-7H,1H3. The second-order valence-electron chi connectivity index (χ2n) is 4.05. The normalized spacial score (nSPS) is 11.4. The average Bonchev–Trinajstić information content (AvgIpc) is 2.33. The van der Waals surface area contributed by atoms with Crippen LogP contribution >= 0.6 is 11.6 Å². The Bertz CT molecular complexity index is 760. The van der Waals surface area contributed by atoms with Crippen molar-refractivity contribution in [3.63, 3.8) is 0 Å². The van der Waals surface area contributed by atoms with E-state index in [4.69, 9.17) is 15.8 Å². The zero-order chi connectivity index (χ0) is 14.9. The summed E-state index contributed by atoms with van der Waals surface area (Å²) in [4.78, 5) is -0.753. The van der Waals surface area contributed by atoms with Crippen molar-refractivity contribution in [2.45, 2.75) is 11.8 Å². The molecular weight excluding hydrogens is 310 g/mol. The van der Waals surface area contributed by atoms with Crippen LogP contribution in [0, 0.1) is 18.6 Å². The third-order valence-corrected chi connectivity index (χ3v) is 4.03. The van der Waals surface area contributed by atoms with E-state index in [2.05, 4.69) is 0 Å². The molecule has 106 valence electrons. The summed E-state index contributed by atoms with van der Waals surface area (Å²) in [6, 6.07) is 6.62. The second kappa shape index (κ2) is 5.38. The third-order valence-electron chi connectivity index (χ3n) is 2.45. The Hall–Kier alpha value is -1.66. The maximum atomic E-state index is 13.5. The highest BCUT2D eigenvalue weighted by molar-refractivity contribution is 7.87. The number of aryl methyl sites for hydroxylation is 1. The smallest absolute Gasteiger partial charge is 0.342 e. The largest absolute Gasteiger partial charge is 0.377 e. The molecule has 0 unspecified atom stereocenters. The summed E-state index contributed by atoms with van der Waals surface area (Å²) in [7, 11) is -4.43. The first-order valence-electron chi connectivity index (χ1n) is 5.45. The molecule has 0 amide bonds. The molecule has 3 nitrogen and oxygen atoms in total. The molecule has 7 heteroatoms. The first kappa shape index (κ1) is 14.7. The van der Waals surface area contributed by atoms with Gasteiger partial charge in [-0.05, 0) is 36.8 Å². The summed E-state index contributed by atoms with van der Waals surface area (Å²) in [6.45, 7) is 1.72.